The predicted molar refractivity (Wildman–Crippen MR) is 30.4 cm³/mol. The Hall–Kier alpha value is 0.230. The lowest BCUT2D eigenvalue weighted by Gasteiger charge is -2.01. The molecule has 0 aliphatic carbocycles. The topological polar surface area (TPSA) is 55.5 Å². The van der Waals surface area contributed by atoms with Gasteiger partial charge >= 0.3 is 0 Å². The molecule has 0 bridgehead atoms. The van der Waals surface area contributed by atoms with E-state index in [1.807, 2.05) is 0 Å². The van der Waals surface area contributed by atoms with E-state index in [1.165, 1.54) is 0 Å². The Morgan fingerprint density at radius 2 is 2.43 bits per heavy atom. The van der Waals surface area contributed by atoms with Gasteiger partial charge in [-0.3, -0.25) is 5.26 Å². The first-order valence-electron chi connectivity index (χ1n) is 1.94. The summed E-state index contributed by atoms with van der Waals surface area (Å²) < 4.78 is 0. The van der Waals surface area contributed by atoms with Gasteiger partial charge in [-0.05, 0) is 0 Å². The third kappa shape index (κ3) is 4.08. The molecule has 3 N–H and O–H groups in total. The Morgan fingerprint density at radius 3 is 2.57 bits per heavy atom. The highest BCUT2D eigenvalue weighted by atomic mass is 32.1. The number of rotatable bonds is 3. The van der Waals surface area contributed by atoms with E-state index in [2.05, 4.69) is 17.5 Å². The van der Waals surface area contributed by atoms with Gasteiger partial charge < -0.3 is 5.73 Å². The van der Waals surface area contributed by atoms with Crippen molar-refractivity contribution >= 4 is 12.6 Å². The number of hydrogen-bond donors (Lipinski definition) is 3. The van der Waals surface area contributed by atoms with Crippen LogP contribution in [0.5, 0.6) is 0 Å². The summed E-state index contributed by atoms with van der Waals surface area (Å²) in [5.41, 5.74) is 5.22. The van der Waals surface area contributed by atoms with Crippen LogP contribution in [0.2, 0.25) is 0 Å². The monoisotopic (exact) mass is 123 g/mol. The van der Waals surface area contributed by atoms with E-state index in [9.17, 15) is 0 Å². The summed E-state index contributed by atoms with van der Waals surface area (Å²) in [5, 5.41) is 7.75. The van der Waals surface area contributed by atoms with Crippen molar-refractivity contribution in [1.29, 1.82) is 0 Å². The van der Waals surface area contributed by atoms with Crippen molar-refractivity contribution in [2.45, 2.75) is 6.04 Å². The van der Waals surface area contributed by atoms with Crippen LogP contribution in [0.4, 0.5) is 0 Å². The molecule has 0 aliphatic heterocycles. The fourth-order valence-corrected chi connectivity index (χ4v) is 0.254. The molecule has 0 amide bonds. The third-order valence-electron chi connectivity index (χ3n) is 0.523. The maximum atomic E-state index is 7.75. The van der Waals surface area contributed by atoms with Gasteiger partial charge in [0.1, 0.15) is 0 Å². The quantitative estimate of drug-likeness (QED) is 0.275. The summed E-state index contributed by atoms with van der Waals surface area (Å²) in [5.74, 6) is 0.528. The molecular formula is C3H9NO2S. The second-order valence-corrected chi connectivity index (χ2v) is 1.60. The normalized spacial score (nSPS) is 14.1. The molecule has 0 aromatic carbocycles. The van der Waals surface area contributed by atoms with Crippen LogP contribution in [0.25, 0.3) is 0 Å². The molecule has 7 heavy (non-hydrogen) atoms. The number of nitrogens with two attached hydrogens (primary N) is 1. The minimum Gasteiger partial charge on any atom is -0.325 e. The predicted octanol–water partition coefficient (Wildman–Crippen LogP) is -0.267. The smallest absolute Gasteiger partial charge is 0.0978 e. The van der Waals surface area contributed by atoms with Crippen LogP contribution < -0.4 is 5.73 Å². The van der Waals surface area contributed by atoms with Crippen molar-refractivity contribution in [2.75, 3.05) is 12.4 Å². The van der Waals surface area contributed by atoms with E-state index in [-0.39, 0.29) is 12.6 Å². The van der Waals surface area contributed by atoms with Crippen LogP contribution >= 0.6 is 12.6 Å². The summed E-state index contributed by atoms with van der Waals surface area (Å²) >= 11 is 3.83. The highest BCUT2D eigenvalue weighted by Crippen LogP contribution is 1.81. The molecule has 0 aromatic rings. The molecule has 0 heterocycles. The summed E-state index contributed by atoms with van der Waals surface area (Å²) in [6.45, 7) is 0.156. The maximum Gasteiger partial charge on any atom is 0.0978 e. The van der Waals surface area contributed by atoms with Crippen molar-refractivity contribution in [3.05, 3.63) is 0 Å². The van der Waals surface area contributed by atoms with Crippen molar-refractivity contribution in [3.63, 3.8) is 0 Å². The third-order valence-corrected chi connectivity index (χ3v) is 0.992. The van der Waals surface area contributed by atoms with Crippen LogP contribution in [0.1, 0.15) is 0 Å². The molecule has 0 saturated heterocycles. The van der Waals surface area contributed by atoms with Crippen molar-refractivity contribution in [3.8, 4) is 0 Å². The van der Waals surface area contributed by atoms with Gasteiger partial charge in [-0.1, -0.05) is 0 Å². The van der Waals surface area contributed by atoms with Gasteiger partial charge in [-0.15, -0.1) is 0 Å². The molecule has 44 valence electrons. The van der Waals surface area contributed by atoms with Crippen LogP contribution in [0, 0.1) is 0 Å². The zero-order valence-electron chi connectivity index (χ0n) is 3.87. The standard InChI is InChI=1S/C3H9NO2S/c4-3(2-7)1-6-5/h3,5,7H,1-2,4H2/t3-/m1/s1. The number of hydrogen-bond acceptors (Lipinski definition) is 4. The van der Waals surface area contributed by atoms with E-state index in [4.69, 9.17) is 11.0 Å². The number of thiol groups is 1. The molecule has 0 fully saturated rings. The Labute approximate surface area is 47.8 Å². The van der Waals surface area contributed by atoms with E-state index in [0.717, 1.165) is 0 Å². The van der Waals surface area contributed by atoms with Crippen molar-refractivity contribution in [1.82, 2.24) is 0 Å². The van der Waals surface area contributed by atoms with Crippen molar-refractivity contribution in [2.24, 2.45) is 5.73 Å². The highest BCUT2D eigenvalue weighted by molar-refractivity contribution is 7.80. The van der Waals surface area contributed by atoms with E-state index < -0.39 is 0 Å². The zero-order valence-corrected chi connectivity index (χ0v) is 4.77. The minimum absolute atomic E-state index is 0.156. The fourth-order valence-electron chi connectivity index (χ4n) is 0.148. The Bertz CT molecular complexity index is 43.9. The van der Waals surface area contributed by atoms with E-state index in [0.29, 0.717) is 5.75 Å². The Balaban J connectivity index is 2.83. The lowest BCUT2D eigenvalue weighted by molar-refractivity contribution is -0.244. The first-order chi connectivity index (χ1) is 3.31. The lowest BCUT2D eigenvalue weighted by Crippen LogP contribution is -2.27. The molecule has 3 nitrogen and oxygen atoms in total. The van der Waals surface area contributed by atoms with Crippen LogP contribution in [0.15, 0.2) is 0 Å². The minimum atomic E-state index is -0.159. The highest BCUT2D eigenvalue weighted by Gasteiger charge is 1.95. The summed E-state index contributed by atoms with van der Waals surface area (Å²) in [6.07, 6.45) is 0. The Morgan fingerprint density at radius 1 is 1.86 bits per heavy atom. The van der Waals surface area contributed by atoms with Crippen LogP contribution in [-0.4, -0.2) is 23.7 Å². The lowest BCUT2D eigenvalue weighted by atomic mass is 10.4. The molecule has 4 heteroatoms. The molecule has 0 rings (SSSR count). The molecule has 0 saturated carbocycles. The summed E-state index contributed by atoms with van der Waals surface area (Å²) in [6, 6.07) is -0.159. The molecule has 0 unspecified atom stereocenters. The maximum absolute atomic E-state index is 7.75. The van der Waals surface area contributed by atoms with Gasteiger partial charge in [0, 0.05) is 11.8 Å². The molecule has 0 aliphatic rings. The van der Waals surface area contributed by atoms with E-state index >= 15 is 0 Å². The van der Waals surface area contributed by atoms with Crippen LogP contribution in [-0.2, 0) is 4.89 Å². The molecule has 1 atom stereocenters. The van der Waals surface area contributed by atoms with Gasteiger partial charge in [0.15, 0.2) is 0 Å². The second-order valence-electron chi connectivity index (χ2n) is 1.24. The first-order valence-corrected chi connectivity index (χ1v) is 2.57. The molecule has 0 radical (unpaired) electrons. The second kappa shape index (κ2) is 4.39. The van der Waals surface area contributed by atoms with Gasteiger partial charge in [-0.25, -0.2) is 4.89 Å². The van der Waals surface area contributed by atoms with Gasteiger partial charge in [0.05, 0.1) is 6.61 Å². The summed E-state index contributed by atoms with van der Waals surface area (Å²) in [7, 11) is 0. The SMILES string of the molecule is N[C@@H](CS)COO. The van der Waals surface area contributed by atoms with Gasteiger partial charge in [-0.2, -0.15) is 12.6 Å². The average Bonchev–Trinajstić information content (AvgIpc) is 1.68. The van der Waals surface area contributed by atoms with Gasteiger partial charge in [0.25, 0.3) is 0 Å². The fraction of sp³-hybridized carbons (Fsp3) is 1.00. The Kier molecular flexibility index (Phi) is 4.53. The largest absolute Gasteiger partial charge is 0.325 e. The zero-order chi connectivity index (χ0) is 5.70. The van der Waals surface area contributed by atoms with E-state index in [1.54, 1.807) is 0 Å². The molecular weight excluding hydrogens is 114 g/mol. The average molecular weight is 123 g/mol. The molecule has 0 spiro atoms. The first kappa shape index (κ1) is 7.23. The van der Waals surface area contributed by atoms with Crippen molar-refractivity contribution < 1.29 is 10.1 Å². The van der Waals surface area contributed by atoms with Crippen LogP contribution in [0.3, 0.4) is 0 Å². The summed E-state index contributed by atoms with van der Waals surface area (Å²) in [4.78, 5) is 3.72. The van der Waals surface area contributed by atoms with Gasteiger partial charge in [0.2, 0.25) is 0 Å². The molecule has 0 aromatic heterocycles.